The Kier molecular flexibility index (Phi) is 4.33. The van der Waals surface area contributed by atoms with E-state index in [1.54, 1.807) is 17.5 Å². The number of anilines is 1. The minimum atomic E-state index is -0.408. The summed E-state index contributed by atoms with van der Waals surface area (Å²) in [5.74, 6) is -0.701. The minimum Gasteiger partial charge on any atom is -0.496 e. The van der Waals surface area contributed by atoms with Gasteiger partial charge in [-0.3, -0.25) is 10.1 Å². The molecule has 2 heterocycles. The second kappa shape index (κ2) is 6.81. The van der Waals surface area contributed by atoms with Crippen molar-refractivity contribution in [3.63, 3.8) is 0 Å². The first-order chi connectivity index (χ1) is 13.0. The molecule has 1 amide bonds. The van der Waals surface area contributed by atoms with Crippen molar-refractivity contribution in [3.05, 3.63) is 65.2 Å². The average molecular weight is 385 g/mol. The van der Waals surface area contributed by atoms with Crippen molar-refractivity contribution in [3.8, 4) is 17.0 Å². The molecule has 136 valence electrons. The van der Waals surface area contributed by atoms with E-state index in [1.807, 2.05) is 0 Å². The van der Waals surface area contributed by atoms with Gasteiger partial charge in [-0.25, -0.2) is 13.8 Å². The number of aromatic nitrogens is 2. The van der Waals surface area contributed by atoms with Crippen LogP contribution in [0.5, 0.6) is 5.75 Å². The molecule has 2 N–H and O–H groups in total. The number of methoxy groups -OCH3 is 1. The van der Waals surface area contributed by atoms with E-state index in [1.165, 1.54) is 48.8 Å². The molecule has 0 aliphatic carbocycles. The molecular formula is C19H13F2N3O2S. The molecule has 4 rings (SSSR count). The normalized spacial score (nSPS) is 10.9. The summed E-state index contributed by atoms with van der Waals surface area (Å²) in [5.41, 5.74) is 1.93. The number of halogens is 2. The number of nitrogens with zero attached hydrogens (tertiary/aromatic N) is 1. The maximum Gasteiger partial charge on any atom is 0.273 e. The van der Waals surface area contributed by atoms with Crippen molar-refractivity contribution in [2.75, 3.05) is 12.4 Å². The highest BCUT2D eigenvalue weighted by Gasteiger charge is 2.15. The monoisotopic (exact) mass is 385 g/mol. The van der Waals surface area contributed by atoms with E-state index < -0.39 is 11.7 Å². The maximum absolute atomic E-state index is 13.6. The van der Waals surface area contributed by atoms with Crippen LogP contribution in [0.2, 0.25) is 0 Å². The van der Waals surface area contributed by atoms with Gasteiger partial charge in [0, 0.05) is 21.8 Å². The zero-order valence-electron chi connectivity index (χ0n) is 14.0. The number of nitrogens with one attached hydrogen (secondary N) is 2. The van der Waals surface area contributed by atoms with Gasteiger partial charge in [0.2, 0.25) is 0 Å². The first kappa shape index (κ1) is 17.2. The van der Waals surface area contributed by atoms with Crippen LogP contribution in [0.25, 0.3) is 22.2 Å². The summed E-state index contributed by atoms with van der Waals surface area (Å²) in [6.45, 7) is 0. The molecule has 0 spiro atoms. The Morgan fingerprint density at radius 1 is 1.15 bits per heavy atom. The van der Waals surface area contributed by atoms with E-state index in [2.05, 4.69) is 15.3 Å². The Morgan fingerprint density at radius 2 is 1.93 bits per heavy atom. The third kappa shape index (κ3) is 3.39. The van der Waals surface area contributed by atoms with Crippen LogP contribution in [0.1, 0.15) is 10.5 Å². The summed E-state index contributed by atoms with van der Waals surface area (Å²) in [6.07, 6.45) is 0. The number of amides is 1. The lowest BCUT2D eigenvalue weighted by Crippen LogP contribution is -2.11. The number of H-pyrrole nitrogens is 1. The van der Waals surface area contributed by atoms with Crippen molar-refractivity contribution in [1.29, 1.82) is 0 Å². The Morgan fingerprint density at radius 3 is 2.74 bits per heavy atom. The lowest BCUT2D eigenvalue weighted by atomic mass is 10.1. The Hall–Kier alpha value is -3.26. The van der Waals surface area contributed by atoms with Gasteiger partial charge in [-0.2, -0.15) is 0 Å². The van der Waals surface area contributed by atoms with E-state index in [9.17, 15) is 13.6 Å². The van der Waals surface area contributed by atoms with Crippen LogP contribution in [0.15, 0.2) is 47.8 Å². The van der Waals surface area contributed by atoms with Crippen molar-refractivity contribution < 1.29 is 18.3 Å². The predicted octanol–water partition coefficient (Wildman–Crippen LogP) is 4.83. The molecule has 0 saturated heterocycles. The van der Waals surface area contributed by atoms with Gasteiger partial charge in [-0.1, -0.05) is 0 Å². The average Bonchev–Trinajstić information content (AvgIpc) is 3.28. The number of benzene rings is 2. The smallest absolute Gasteiger partial charge is 0.273 e. The lowest BCUT2D eigenvalue weighted by Gasteiger charge is -2.05. The summed E-state index contributed by atoms with van der Waals surface area (Å²) in [4.78, 5) is 19.7. The fourth-order valence-corrected chi connectivity index (χ4v) is 3.43. The van der Waals surface area contributed by atoms with Crippen LogP contribution in [0, 0.1) is 11.6 Å². The number of fused-ring (bicyclic) bond motifs is 1. The fraction of sp³-hybridized carbons (Fsp3) is 0.0526. The zero-order valence-corrected chi connectivity index (χ0v) is 14.9. The number of thiazole rings is 1. The molecule has 0 atom stereocenters. The Bertz CT molecular complexity index is 1150. The van der Waals surface area contributed by atoms with Gasteiger partial charge in [-0.15, -0.1) is 11.3 Å². The van der Waals surface area contributed by atoms with Gasteiger partial charge >= 0.3 is 0 Å². The van der Waals surface area contributed by atoms with Gasteiger partial charge in [-0.05, 0) is 42.5 Å². The molecule has 0 aliphatic heterocycles. The zero-order chi connectivity index (χ0) is 19.0. The van der Waals surface area contributed by atoms with Gasteiger partial charge in [0.05, 0.1) is 12.8 Å². The molecule has 0 unspecified atom stereocenters. The molecule has 0 fully saturated rings. The van der Waals surface area contributed by atoms with E-state index in [0.717, 1.165) is 0 Å². The maximum atomic E-state index is 13.6. The molecule has 0 aliphatic rings. The molecule has 8 heteroatoms. The molecule has 5 nitrogen and oxygen atoms in total. The molecule has 4 aromatic rings. The number of carbonyl (C=O) groups excluding carboxylic acids is 1. The van der Waals surface area contributed by atoms with Crippen LogP contribution in [-0.4, -0.2) is 23.0 Å². The second-order valence-electron chi connectivity index (χ2n) is 5.75. The standard InChI is InChI=1S/C19H13F2N3O2S/c1-26-17-5-3-12(21)8-13(17)16-9-27-19(23-16)24-18(25)15-7-10-6-11(20)2-4-14(10)22-15/h2-9,22H,1H3,(H,23,24,25). The van der Waals surface area contributed by atoms with E-state index in [4.69, 9.17) is 4.74 Å². The van der Waals surface area contributed by atoms with E-state index in [-0.39, 0.29) is 11.5 Å². The molecule has 0 bridgehead atoms. The highest BCUT2D eigenvalue weighted by atomic mass is 32.1. The summed E-state index contributed by atoms with van der Waals surface area (Å²) < 4.78 is 32.1. The van der Waals surface area contributed by atoms with Crippen LogP contribution < -0.4 is 10.1 Å². The summed E-state index contributed by atoms with van der Waals surface area (Å²) >= 11 is 1.21. The summed E-state index contributed by atoms with van der Waals surface area (Å²) in [7, 11) is 1.49. The van der Waals surface area contributed by atoms with Crippen LogP contribution in [-0.2, 0) is 0 Å². The van der Waals surface area contributed by atoms with Crippen LogP contribution in [0.3, 0.4) is 0 Å². The fourth-order valence-electron chi connectivity index (χ4n) is 2.73. The van der Waals surface area contributed by atoms with E-state index in [0.29, 0.717) is 33.0 Å². The predicted molar refractivity (Wildman–Crippen MR) is 100 cm³/mol. The molecular weight excluding hydrogens is 372 g/mol. The first-order valence-electron chi connectivity index (χ1n) is 7.92. The number of hydrogen-bond donors (Lipinski definition) is 2. The summed E-state index contributed by atoms with van der Waals surface area (Å²) in [5, 5.41) is 5.34. The third-order valence-corrected chi connectivity index (χ3v) is 4.75. The van der Waals surface area contributed by atoms with Crippen molar-refractivity contribution in [1.82, 2.24) is 9.97 Å². The third-order valence-electron chi connectivity index (χ3n) is 3.99. The number of carbonyl (C=O) groups is 1. The van der Waals surface area contributed by atoms with Gasteiger partial charge < -0.3 is 9.72 Å². The summed E-state index contributed by atoms with van der Waals surface area (Å²) in [6, 6.07) is 9.95. The SMILES string of the molecule is COc1ccc(F)cc1-c1csc(NC(=O)c2cc3cc(F)ccc3[nH]2)n1. The molecule has 2 aromatic heterocycles. The largest absolute Gasteiger partial charge is 0.496 e. The molecule has 27 heavy (non-hydrogen) atoms. The molecule has 0 saturated carbocycles. The quantitative estimate of drug-likeness (QED) is 0.529. The van der Waals surface area contributed by atoms with E-state index >= 15 is 0 Å². The Balaban J connectivity index is 1.58. The number of ether oxygens (including phenoxy) is 1. The van der Waals surface area contributed by atoms with Gasteiger partial charge in [0.1, 0.15) is 23.1 Å². The van der Waals surface area contributed by atoms with Gasteiger partial charge in [0.15, 0.2) is 5.13 Å². The second-order valence-corrected chi connectivity index (χ2v) is 6.61. The topological polar surface area (TPSA) is 67.0 Å². The van der Waals surface area contributed by atoms with Crippen molar-refractivity contribution in [2.24, 2.45) is 0 Å². The highest BCUT2D eigenvalue weighted by Crippen LogP contribution is 2.33. The number of hydrogen-bond acceptors (Lipinski definition) is 4. The van der Waals surface area contributed by atoms with Crippen LogP contribution in [0.4, 0.5) is 13.9 Å². The van der Waals surface area contributed by atoms with Gasteiger partial charge in [0.25, 0.3) is 5.91 Å². The van der Waals surface area contributed by atoms with Crippen molar-refractivity contribution in [2.45, 2.75) is 0 Å². The molecule has 2 aromatic carbocycles. The number of rotatable bonds is 4. The molecule has 0 radical (unpaired) electrons. The number of aromatic amines is 1. The van der Waals surface area contributed by atoms with Crippen molar-refractivity contribution >= 4 is 33.3 Å². The lowest BCUT2D eigenvalue weighted by molar-refractivity contribution is 0.102. The highest BCUT2D eigenvalue weighted by molar-refractivity contribution is 7.14. The first-order valence-corrected chi connectivity index (χ1v) is 8.80. The van der Waals surface area contributed by atoms with Crippen LogP contribution >= 0.6 is 11.3 Å². The Labute approximate surface area is 156 Å². The minimum absolute atomic E-state index is 0.288.